The molecular weight excluding hydrogens is 310 g/mol. The van der Waals surface area contributed by atoms with Gasteiger partial charge in [0.25, 0.3) is 0 Å². The molecule has 0 aliphatic heterocycles. The van der Waals surface area contributed by atoms with Crippen LogP contribution in [0.4, 0.5) is 0 Å². The second-order valence-corrected chi connectivity index (χ2v) is 2.68. The van der Waals surface area contributed by atoms with Gasteiger partial charge in [-0.25, -0.2) is 0 Å². The second-order valence-electron chi connectivity index (χ2n) is 2.68. The van der Waals surface area contributed by atoms with Crippen LogP contribution in [0.25, 0.3) is 17.2 Å². The molecule has 0 rings (SSSR count). The quantitative estimate of drug-likeness (QED) is 0.621. The van der Waals surface area contributed by atoms with Crippen LogP contribution < -0.4 is 0 Å². The van der Waals surface area contributed by atoms with E-state index in [1.807, 2.05) is 0 Å². The molecule has 6 N–H and O–H groups in total. The van der Waals surface area contributed by atoms with Crippen LogP contribution in [0.1, 0.15) is 19.3 Å². The van der Waals surface area contributed by atoms with Crippen LogP contribution in [-0.2, 0) is 31.5 Å². The van der Waals surface area contributed by atoms with E-state index >= 15 is 0 Å². The number of rotatable bonds is 6. The molecule has 0 atom stereocenters. The van der Waals surface area contributed by atoms with E-state index in [0.717, 1.165) is 0 Å². The van der Waals surface area contributed by atoms with Crippen molar-refractivity contribution in [3.05, 3.63) is 17.2 Å². The summed E-state index contributed by atoms with van der Waals surface area (Å²) >= 11 is 0. The standard InChI is InChI=1S/3C3H6NO2.Cu/c3*4-2-1-3(5)6;/h3*4H,1-2H2,(H,5,6);/q3*-1;. The van der Waals surface area contributed by atoms with Crippen molar-refractivity contribution < 1.29 is 46.8 Å². The summed E-state index contributed by atoms with van der Waals surface area (Å²) in [7, 11) is 0. The van der Waals surface area contributed by atoms with Crippen molar-refractivity contribution >= 4 is 17.9 Å². The number of hydrogen-bond donors (Lipinski definition) is 3. The van der Waals surface area contributed by atoms with Gasteiger partial charge in [-0.05, 0) is 0 Å². The zero-order valence-electron chi connectivity index (χ0n) is 10.1. The summed E-state index contributed by atoms with van der Waals surface area (Å²) < 4.78 is 0. The Kier molecular flexibility index (Phi) is 30.6. The minimum absolute atomic E-state index is 0. The van der Waals surface area contributed by atoms with Gasteiger partial charge in [-0.15, -0.1) is 19.6 Å². The van der Waals surface area contributed by atoms with Gasteiger partial charge in [-0.3, -0.25) is 14.4 Å². The Labute approximate surface area is 121 Å². The molecular formula is C9H18CuN3O6-3. The Hall–Kier alpha value is -1.19. The van der Waals surface area contributed by atoms with E-state index in [1.165, 1.54) is 0 Å². The minimum Gasteiger partial charge on any atom is -0.677 e. The molecule has 0 bridgehead atoms. The van der Waals surface area contributed by atoms with Gasteiger partial charge in [0.15, 0.2) is 0 Å². The third-order valence-corrected chi connectivity index (χ3v) is 1.02. The first kappa shape index (κ1) is 26.4. The van der Waals surface area contributed by atoms with E-state index in [1.54, 1.807) is 0 Å². The summed E-state index contributed by atoms with van der Waals surface area (Å²) in [5.41, 5.74) is 19.1. The Morgan fingerprint density at radius 2 is 0.789 bits per heavy atom. The summed E-state index contributed by atoms with van der Waals surface area (Å²) in [6.07, 6.45) is -0.125. The molecule has 0 amide bonds. The molecule has 0 fully saturated rings. The van der Waals surface area contributed by atoms with Crippen molar-refractivity contribution in [3.63, 3.8) is 0 Å². The molecule has 0 aromatic rings. The van der Waals surface area contributed by atoms with Crippen molar-refractivity contribution in [2.45, 2.75) is 19.3 Å². The fourth-order valence-electron chi connectivity index (χ4n) is 0.321. The molecule has 0 heterocycles. The maximum Gasteiger partial charge on any atom is 0.301 e. The normalized spacial score (nSPS) is 7.74. The molecule has 119 valence electrons. The van der Waals surface area contributed by atoms with Gasteiger partial charge in [0.2, 0.25) is 0 Å². The minimum atomic E-state index is -0.898. The van der Waals surface area contributed by atoms with E-state index in [2.05, 4.69) is 0 Å². The van der Waals surface area contributed by atoms with Gasteiger partial charge >= 0.3 is 17.9 Å². The first-order chi connectivity index (χ1) is 8.31. The average molecular weight is 328 g/mol. The Morgan fingerprint density at radius 3 is 0.789 bits per heavy atom. The van der Waals surface area contributed by atoms with Crippen LogP contribution in [0, 0.1) is 0 Å². The zero-order valence-corrected chi connectivity index (χ0v) is 11.1. The van der Waals surface area contributed by atoms with Crippen molar-refractivity contribution in [2.75, 3.05) is 19.6 Å². The second kappa shape index (κ2) is 22.0. The average Bonchev–Trinajstić information content (AvgIpc) is 2.18. The molecule has 0 aromatic heterocycles. The summed E-state index contributed by atoms with van der Waals surface area (Å²) in [6.45, 7) is -0.0556. The summed E-state index contributed by atoms with van der Waals surface area (Å²) in [5, 5.41) is 23.4. The largest absolute Gasteiger partial charge is 0.677 e. The van der Waals surface area contributed by atoms with Gasteiger partial charge in [0.05, 0.1) is 0 Å². The fraction of sp³-hybridized carbons (Fsp3) is 0.667. The number of carboxylic acids is 3. The molecule has 9 nitrogen and oxygen atoms in total. The summed E-state index contributed by atoms with van der Waals surface area (Å²) in [4.78, 5) is 28.4. The Morgan fingerprint density at radius 1 is 0.632 bits per heavy atom. The topological polar surface area (TPSA) is 183 Å². The molecule has 0 saturated heterocycles. The maximum atomic E-state index is 9.48. The van der Waals surface area contributed by atoms with Gasteiger partial charge in [0, 0.05) is 36.3 Å². The smallest absolute Gasteiger partial charge is 0.301 e. The van der Waals surface area contributed by atoms with Crippen molar-refractivity contribution in [3.8, 4) is 0 Å². The molecule has 0 unspecified atom stereocenters. The first-order valence-corrected chi connectivity index (χ1v) is 4.90. The van der Waals surface area contributed by atoms with Gasteiger partial charge in [-0.2, -0.15) is 0 Å². The first-order valence-electron chi connectivity index (χ1n) is 4.90. The summed E-state index contributed by atoms with van der Waals surface area (Å²) in [5.74, 6) is -2.69. The van der Waals surface area contributed by atoms with Gasteiger partial charge in [0.1, 0.15) is 0 Å². The maximum absolute atomic E-state index is 9.48. The van der Waals surface area contributed by atoms with E-state index in [0.29, 0.717) is 0 Å². The predicted octanol–water partition coefficient (Wildman–Crippen LogP) is 1.54. The number of carboxylic acid groups (broad SMARTS) is 3. The molecule has 10 heteroatoms. The molecule has 0 aliphatic carbocycles. The van der Waals surface area contributed by atoms with Crippen LogP contribution in [-0.4, -0.2) is 52.9 Å². The van der Waals surface area contributed by atoms with Crippen LogP contribution >= 0.6 is 0 Å². The number of aliphatic carboxylic acids is 3. The van der Waals surface area contributed by atoms with Crippen molar-refractivity contribution in [1.29, 1.82) is 0 Å². The van der Waals surface area contributed by atoms with Gasteiger partial charge in [-0.1, -0.05) is 0 Å². The van der Waals surface area contributed by atoms with Crippen molar-refractivity contribution in [2.24, 2.45) is 0 Å². The monoisotopic (exact) mass is 327 g/mol. The number of carbonyl (C=O) groups is 3. The molecule has 0 aliphatic rings. The SMILES string of the molecule is [Cu].[NH-]CCC(=O)O.[NH-]CCC(=O)O.[NH-]CCC(=O)O. The third-order valence-electron chi connectivity index (χ3n) is 1.02. The molecule has 0 saturated carbocycles. The number of hydrogen-bond acceptors (Lipinski definition) is 3. The molecule has 0 aromatic carbocycles. The molecule has 19 heavy (non-hydrogen) atoms. The Bertz CT molecular complexity index is 202. The van der Waals surface area contributed by atoms with E-state index in [4.69, 9.17) is 32.5 Å². The van der Waals surface area contributed by atoms with Crippen LogP contribution in [0.3, 0.4) is 0 Å². The van der Waals surface area contributed by atoms with Crippen LogP contribution in [0.5, 0.6) is 0 Å². The number of nitrogens with one attached hydrogen (secondary N) is 3. The predicted molar refractivity (Wildman–Crippen MR) is 64.3 cm³/mol. The molecule has 1 radical (unpaired) electrons. The van der Waals surface area contributed by atoms with E-state index < -0.39 is 17.9 Å². The molecule has 0 spiro atoms. The van der Waals surface area contributed by atoms with Crippen LogP contribution in [0.15, 0.2) is 0 Å². The van der Waals surface area contributed by atoms with Crippen LogP contribution in [0.2, 0.25) is 0 Å². The Balaban J connectivity index is -0.0000000865. The van der Waals surface area contributed by atoms with E-state index in [9.17, 15) is 14.4 Å². The zero-order chi connectivity index (χ0) is 15.0. The fourth-order valence-corrected chi connectivity index (χ4v) is 0.321. The van der Waals surface area contributed by atoms with Crippen molar-refractivity contribution in [1.82, 2.24) is 0 Å². The van der Waals surface area contributed by atoms with Gasteiger partial charge < -0.3 is 32.5 Å². The summed E-state index contributed by atoms with van der Waals surface area (Å²) in [6, 6.07) is 0. The third kappa shape index (κ3) is 60.4. The van der Waals surface area contributed by atoms with E-state index in [-0.39, 0.29) is 56.0 Å².